The molecule has 3 heteroatoms. The van der Waals surface area contributed by atoms with E-state index in [0.29, 0.717) is 30.5 Å². The summed E-state index contributed by atoms with van der Waals surface area (Å²) in [6.07, 6.45) is 9.89. The molecular formula is C31H48O3. The highest BCUT2D eigenvalue weighted by atomic mass is 16.4. The lowest BCUT2D eigenvalue weighted by Crippen LogP contribution is -2.65. The Hall–Kier alpha value is -1.12. The van der Waals surface area contributed by atoms with E-state index in [9.17, 15) is 14.7 Å². The Balaban J connectivity index is 1.64. The molecular weight excluding hydrogens is 420 g/mol. The number of carboxylic acid groups (broad SMARTS) is 1. The average Bonchev–Trinajstić information content (AvgIpc) is 2.73. The van der Waals surface area contributed by atoms with Gasteiger partial charge in [0, 0.05) is 12.3 Å². The van der Waals surface area contributed by atoms with E-state index in [1.807, 2.05) is 6.92 Å². The number of carboxylic acids is 1. The van der Waals surface area contributed by atoms with E-state index in [-0.39, 0.29) is 33.0 Å². The van der Waals surface area contributed by atoms with Crippen molar-refractivity contribution >= 4 is 11.8 Å². The molecule has 190 valence electrons. The molecule has 5 aliphatic rings. The van der Waals surface area contributed by atoms with Gasteiger partial charge in [-0.3, -0.25) is 9.59 Å². The lowest BCUT2D eigenvalue weighted by atomic mass is 9.33. The quantitative estimate of drug-likeness (QED) is 0.399. The van der Waals surface area contributed by atoms with Crippen LogP contribution in [0.4, 0.5) is 0 Å². The fourth-order valence-corrected chi connectivity index (χ4v) is 10.5. The molecule has 4 saturated carbocycles. The molecule has 0 unspecified atom stereocenters. The number of aliphatic carboxylic acids is 1. The first-order valence-corrected chi connectivity index (χ1v) is 14.0. The number of allylic oxidation sites excluding steroid dienone is 2. The highest BCUT2D eigenvalue weighted by Gasteiger charge is 2.69. The van der Waals surface area contributed by atoms with Crippen LogP contribution >= 0.6 is 0 Å². The number of rotatable bonds is 1. The minimum absolute atomic E-state index is 0.00163. The molecule has 0 heterocycles. The van der Waals surface area contributed by atoms with Gasteiger partial charge in [-0.05, 0) is 104 Å². The normalized spacial score (nSPS) is 52.2. The van der Waals surface area contributed by atoms with Gasteiger partial charge in [0.1, 0.15) is 5.78 Å². The lowest BCUT2D eigenvalue weighted by molar-refractivity contribution is -0.193. The van der Waals surface area contributed by atoms with Crippen molar-refractivity contribution in [3.05, 3.63) is 11.1 Å². The first kappa shape index (κ1) is 24.6. The molecule has 0 aromatic carbocycles. The van der Waals surface area contributed by atoms with Crippen molar-refractivity contribution in [3.8, 4) is 0 Å². The summed E-state index contributed by atoms with van der Waals surface area (Å²) in [5.41, 5.74) is 2.39. The van der Waals surface area contributed by atoms with Crippen LogP contribution in [0, 0.1) is 50.2 Å². The van der Waals surface area contributed by atoms with Crippen LogP contribution in [-0.2, 0) is 9.59 Å². The zero-order chi connectivity index (χ0) is 25.1. The Morgan fingerprint density at radius 2 is 1.50 bits per heavy atom. The Morgan fingerprint density at radius 3 is 2.15 bits per heavy atom. The summed E-state index contributed by atoms with van der Waals surface area (Å²) in [6, 6.07) is 0. The molecule has 0 aromatic rings. The van der Waals surface area contributed by atoms with Gasteiger partial charge in [0.25, 0.3) is 0 Å². The van der Waals surface area contributed by atoms with Gasteiger partial charge >= 0.3 is 5.97 Å². The van der Waals surface area contributed by atoms with Crippen molar-refractivity contribution < 1.29 is 14.7 Å². The first-order valence-electron chi connectivity index (χ1n) is 14.0. The number of fused-ring (bicyclic) bond motifs is 6. The maximum atomic E-state index is 14.3. The second kappa shape index (κ2) is 7.00. The van der Waals surface area contributed by atoms with Gasteiger partial charge < -0.3 is 5.11 Å². The summed E-state index contributed by atoms with van der Waals surface area (Å²) < 4.78 is 0. The van der Waals surface area contributed by atoms with Crippen molar-refractivity contribution in [2.75, 3.05) is 0 Å². The molecule has 8 atom stereocenters. The molecule has 0 aromatic heterocycles. The Bertz CT molecular complexity index is 975. The van der Waals surface area contributed by atoms with Gasteiger partial charge in [-0.25, -0.2) is 0 Å². The van der Waals surface area contributed by atoms with Gasteiger partial charge in [-0.15, -0.1) is 0 Å². The van der Waals surface area contributed by atoms with Gasteiger partial charge in [-0.2, -0.15) is 0 Å². The maximum Gasteiger partial charge on any atom is 0.309 e. The zero-order valence-corrected chi connectivity index (χ0v) is 23.1. The van der Waals surface area contributed by atoms with E-state index >= 15 is 0 Å². The van der Waals surface area contributed by atoms with Crippen LogP contribution in [0.3, 0.4) is 0 Å². The number of ketones is 1. The number of Topliss-reactive ketones (excluding diaryl/α,β-unsaturated/α-hetero) is 1. The van der Waals surface area contributed by atoms with E-state index in [1.165, 1.54) is 30.4 Å². The van der Waals surface area contributed by atoms with Gasteiger partial charge in [-0.1, -0.05) is 59.6 Å². The lowest BCUT2D eigenvalue weighted by Gasteiger charge is -2.70. The Morgan fingerprint density at radius 1 is 0.853 bits per heavy atom. The van der Waals surface area contributed by atoms with Crippen LogP contribution < -0.4 is 0 Å². The van der Waals surface area contributed by atoms with Crippen molar-refractivity contribution in [1.29, 1.82) is 0 Å². The van der Waals surface area contributed by atoms with Crippen LogP contribution in [0.1, 0.15) is 120 Å². The molecule has 5 aliphatic carbocycles. The smallest absolute Gasteiger partial charge is 0.309 e. The van der Waals surface area contributed by atoms with Crippen LogP contribution in [0.5, 0.6) is 0 Å². The molecule has 5 rings (SSSR count). The fraction of sp³-hybridized carbons (Fsp3) is 0.871. The number of hydrogen-bond acceptors (Lipinski definition) is 2. The standard InChI is InChI=1S/C31H48O3/c1-19-9-11-29(6)23(26(19,2)3)10-12-31(8)24(29)22(32)17-20-21-18-28(5,25(33)34)14-13-27(21,4)15-16-30(20,31)7/h19,23-24H,9-18H2,1-8H3,(H,33,34)/t19-,23-,24+,27+,28-,29-,30+,31+/m0/s1. The third-order valence-electron chi connectivity index (χ3n) is 13.5. The molecule has 0 aliphatic heterocycles. The summed E-state index contributed by atoms with van der Waals surface area (Å²) in [7, 11) is 0. The minimum atomic E-state index is -0.700. The molecule has 3 nitrogen and oxygen atoms in total. The summed E-state index contributed by atoms with van der Waals surface area (Å²) in [5.74, 6) is 1.22. The van der Waals surface area contributed by atoms with Crippen LogP contribution in [0.25, 0.3) is 0 Å². The van der Waals surface area contributed by atoms with Gasteiger partial charge in [0.05, 0.1) is 5.41 Å². The topological polar surface area (TPSA) is 54.4 Å². The Kier molecular flexibility index (Phi) is 5.06. The van der Waals surface area contributed by atoms with E-state index in [2.05, 4.69) is 48.5 Å². The van der Waals surface area contributed by atoms with Crippen LogP contribution in [0.2, 0.25) is 0 Å². The third kappa shape index (κ3) is 2.82. The Labute approximate surface area is 207 Å². The van der Waals surface area contributed by atoms with Crippen LogP contribution in [-0.4, -0.2) is 16.9 Å². The first-order chi connectivity index (χ1) is 15.6. The highest BCUT2D eigenvalue weighted by molar-refractivity contribution is 5.88. The number of carbonyl (C=O) groups excluding carboxylic acids is 1. The van der Waals surface area contributed by atoms with Gasteiger partial charge in [0.2, 0.25) is 0 Å². The number of carbonyl (C=O) groups is 2. The summed E-state index contributed by atoms with van der Waals surface area (Å²) in [4.78, 5) is 26.6. The predicted octanol–water partition coefficient (Wildman–Crippen LogP) is 7.83. The van der Waals surface area contributed by atoms with E-state index in [0.717, 1.165) is 32.1 Å². The molecule has 34 heavy (non-hydrogen) atoms. The molecule has 0 amide bonds. The van der Waals surface area contributed by atoms with Gasteiger partial charge in [0.15, 0.2) is 0 Å². The van der Waals surface area contributed by atoms with E-state index < -0.39 is 11.4 Å². The molecule has 0 bridgehead atoms. The van der Waals surface area contributed by atoms with Crippen molar-refractivity contribution in [2.45, 2.75) is 120 Å². The highest BCUT2D eigenvalue weighted by Crippen LogP contribution is 2.75. The molecule has 0 saturated heterocycles. The second-order valence-electron chi connectivity index (χ2n) is 15.2. The van der Waals surface area contributed by atoms with Crippen molar-refractivity contribution in [3.63, 3.8) is 0 Å². The minimum Gasteiger partial charge on any atom is -0.481 e. The SMILES string of the molecule is C[C@H]1CC[C@]2(C)[C@H]3C(=O)CC4=C5C[C@@](C)(C(=O)O)CC[C@]5(C)CC[C@@]4(C)[C@]3(C)CC[C@H]2C1(C)C. The zero-order valence-electron chi connectivity index (χ0n) is 23.1. The molecule has 0 radical (unpaired) electrons. The van der Waals surface area contributed by atoms with Crippen LogP contribution in [0.15, 0.2) is 11.1 Å². The molecule has 4 fully saturated rings. The summed E-state index contributed by atoms with van der Waals surface area (Å²) in [5, 5.41) is 10.1. The van der Waals surface area contributed by atoms with Crippen molar-refractivity contribution in [2.24, 2.45) is 50.2 Å². The summed E-state index contributed by atoms with van der Waals surface area (Å²) >= 11 is 0. The van der Waals surface area contributed by atoms with E-state index in [4.69, 9.17) is 0 Å². The number of hydrogen-bond donors (Lipinski definition) is 1. The summed E-state index contributed by atoms with van der Waals surface area (Å²) in [6.45, 7) is 19.0. The largest absolute Gasteiger partial charge is 0.481 e. The molecule has 1 N–H and O–H groups in total. The predicted molar refractivity (Wildman–Crippen MR) is 136 cm³/mol. The average molecular weight is 469 g/mol. The van der Waals surface area contributed by atoms with E-state index in [1.54, 1.807) is 0 Å². The third-order valence-corrected chi connectivity index (χ3v) is 13.5. The maximum absolute atomic E-state index is 14.3. The second-order valence-corrected chi connectivity index (χ2v) is 15.2. The fourth-order valence-electron chi connectivity index (χ4n) is 10.5. The monoisotopic (exact) mass is 468 g/mol. The molecule has 0 spiro atoms. The van der Waals surface area contributed by atoms with Crippen molar-refractivity contribution in [1.82, 2.24) is 0 Å².